The molecule has 0 spiro atoms. The van der Waals surface area contributed by atoms with Crippen molar-refractivity contribution in [3.05, 3.63) is 54.2 Å². The number of carbonyl (C=O) groups excluding carboxylic acids is 2. The van der Waals surface area contributed by atoms with Crippen LogP contribution >= 0.6 is 11.3 Å². The Morgan fingerprint density at radius 2 is 1.80 bits per heavy atom. The minimum absolute atomic E-state index is 0.0291. The van der Waals surface area contributed by atoms with Crippen molar-refractivity contribution in [2.75, 3.05) is 11.9 Å². The third kappa shape index (κ3) is 7.20. The number of aromatic nitrogens is 2. The minimum atomic E-state index is -2.00. The summed E-state index contributed by atoms with van der Waals surface area (Å²) < 4.78 is 11.2. The summed E-state index contributed by atoms with van der Waals surface area (Å²) in [5.74, 6) is -0.492. The van der Waals surface area contributed by atoms with Crippen molar-refractivity contribution in [3.8, 4) is 22.4 Å². The summed E-state index contributed by atoms with van der Waals surface area (Å²) >= 11 is 1.29. The number of pyridine rings is 1. The lowest BCUT2D eigenvalue weighted by molar-refractivity contribution is -0.124. The van der Waals surface area contributed by atoms with E-state index in [0.717, 1.165) is 22.4 Å². The van der Waals surface area contributed by atoms with Gasteiger partial charge in [-0.1, -0.05) is 39.0 Å². The second kappa shape index (κ2) is 11.1. The average molecular weight is 513 g/mol. The zero-order chi connectivity index (χ0) is 25.6. The number of hydrogen-bond acceptors (Lipinski definition) is 7. The number of thiazole rings is 1. The van der Waals surface area contributed by atoms with Crippen molar-refractivity contribution < 1.29 is 18.8 Å². The molecule has 10 heteroatoms. The van der Waals surface area contributed by atoms with Crippen LogP contribution in [0.5, 0.6) is 0 Å². The maximum Gasteiger partial charge on any atom is 0.405 e. The van der Waals surface area contributed by atoms with Crippen molar-refractivity contribution >= 4 is 36.8 Å². The van der Waals surface area contributed by atoms with E-state index in [2.05, 4.69) is 49.1 Å². The van der Waals surface area contributed by atoms with Gasteiger partial charge < -0.3 is 14.9 Å². The molecule has 1 unspecified atom stereocenters. The summed E-state index contributed by atoms with van der Waals surface area (Å²) in [6.45, 7) is 10.9. The molecule has 35 heavy (non-hydrogen) atoms. The van der Waals surface area contributed by atoms with Crippen LogP contribution in [-0.2, 0) is 14.0 Å². The Kier molecular flexibility index (Phi) is 8.41. The van der Waals surface area contributed by atoms with Crippen LogP contribution in [0.1, 0.15) is 27.2 Å². The molecule has 8 nitrogen and oxygen atoms in total. The molecular formula is C25H32N4O4SSi. The normalized spacial score (nSPS) is 12.7. The monoisotopic (exact) mass is 512 g/mol. The number of anilines is 1. The van der Waals surface area contributed by atoms with Gasteiger partial charge in [0, 0.05) is 36.4 Å². The van der Waals surface area contributed by atoms with E-state index in [-0.39, 0.29) is 18.1 Å². The Bertz CT molecular complexity index is 1160. The molecule has 0 aliphatic rings. The molecule has 186 valence electrons. The highest BCUT2D eigenvalue weighted by Crippen LogP contribution is 2.36. The molecule has 2 amide bonds. The van der Waals surface area contributed by atoms with Crippen LogP contribution < -0.4 is 11.1 Å². The van der Waals surface area contributed by atoms with Crippen molar-refractivity contribution in [1.29, 1.82) is 0 Å². The number of rotatable bonds is 9. The number of benzene rings is 1. The van der Waals surface area contributed by atoms with E-state index in [1.807, 2.05) is 41.8 Å². The van der Waals surface area contributed by atoms with Crippen LogP contribution in [0.4, 0.5) is 9.93 Å². The summed E-state index contributed by atoms with van der Waals surface area (Å²) in [7, 11) is -2.00. The fourth-order valence-corrected chi connectivity index (χ4v) is 4.86. The molecule has 0 radical (unpaired) electrons. The smallest absolute Gasteiger partial charge is 0.405 e. The van der Waals surface area contributed by atoms with E-state index >= 15 is 0 Å². The van der Waals surface area contributed by atoms with Gasteiger partial charge in [0.2, 0.25) is 0 Å². The quantitative estimate of drug-likeness (QED) is 0.356. The van der Waals surface area contributed by atoms with Gasteiger partial charge in [-0.15, -0.1) is 11.3 Å². The fourth-order valence-electron chi connectivity index (χ4n) is 3.07. The van der Waals surface area contributed by atoms with Crippen LogP contribution in [0.25, 0.3) is 22.4 Å². The topological polar surface area (TPSA) is 116 Å². The highest BCUT2D eigenvalue weighted by Gasteiger charge is 2.37. The number of carbonyl (C=O) groups is 2. The molecule has 3 rings (SSSR count). The molecular weight excluding hydrogens is 480 g/mol. The largest absolute Gasteiger partial charge is 0.436 e. The van der Waals surface area contributed by atoms with Crippen molar-refractivity contribution in [3.63, 3.8) is 0 Å². The molecule has 0 aliphatic carbocycles. The lowest BCUT2D eigenvalue weighted by Crippen LogP contribution is -2.42. The molecule has 1 atom stereocenters. The lowest BCUT2D eigenvalue weighted by atomic mass is 10.0. The van der Waals surface area contributed by atoms with E-state index < -0.39 is 26.4 Å². The SMILES string of the molecule is CC(C)(C)[Si](C)(C)OCCC(OC(N)=O)C(=O)Nc1nc(-c2cccc(-c3ccncc3)c2)cs1. The first-order chi connectivity index (χ1) is 16.5. The summed E-state index contributed by atoms with van der Waals surface area (Å²) in [6.07, 6.45) is 1.62. The standard InChI is InChI=1S/C25H32N4O4SSi/c1-25(2,3)35(4,5)32-14-11-21(33-23(26)31)22(30)29-24-28-20(16-34-24)19-8-6-7-18(15-19)17-9-12-27-13-10-17/h6-10,12-13,15-16,21H,11,14H2,1-5H3,(H2,26,31)(H,28,29,30). The van der Waals surface area contributed by atoms with Crippen molar-refractivity contribution in [1.82, 2.24) is 9.97 Å². The summed E-state index contributed by atoms with van der Waals surface area (Å²) in [5, 5.41) is 5.05. The third-order valence-corrected chi connectivity index (χ3v) is 11.4. The molecule has 0 aliphatic heterocycles. The van der Waals surface area contributed by atoms with Gasteiger partial charge in [-0.3, -0.25) is 15.1 Å². The molecule has 1 aromatic carbocycles. The van der Waals surface area contributed by atoms with Crippen LogP contribution in [0.15, 0.2) is 54.2 Å². The van der Waals surface area contributed by atoms with Gasteiger partial charge in [-0.05, 0) is 47.5 Å². The predicted molar refractivity (Wildman–Crippen MR) is 142 cm³/mol. The Labute approximate surface area is 211 Å². The first-order valence-corrected chi connectivity index (χ1v) is 15.1. The van der Waals surface area contributed by atoms with Crippen molar-refractivity contribution in [2.45, 2.75) is 51.4 Å². The van der Waals surface area contributed by atoms with Gasteiger partial charge in [-0.25, -0.2) is 9.78 Å². The number of nitrogens with one attached hydrogen (secondary N) is 1. The molecule has 0 fully saturated rings. The van der Waals surface area contributed by atoms with Gasteiger partial charge in [-0.2, -0.15) is 0 Å². The second-order valence-electron chi connectivity index (χ2n) is 9.67. The lowest BCUT2D eigenvalue weighted by Gasteiger charge is -2.36. The molecule has 0 bridgehead atoms. The van der Waals surface area contributed by atoms with Gasteiger partial charge in [0.1, 0.15) is 0 Å². The molecule has 2 aromatic heterocycles. The molecule has 3 aromatic rings. The Hall–Kier alpha value is -3.08. The first kappa shape index (κ1) is 26.5. The van der Waals surface area contributed by atoms with Gasteiger partial charge in [0.25, 0.3) is 5.91 Å². The van der Waals surface area contributed by atoms with Crippen molar-refractivity contribution in [2.24, 2.45) is 5.73 Å². The summed E-state index contributed by atoms with van der Waals surface area (Å²) in [6, 6.07) is 11.9. The minimum Gasteiger partial charge on any atom is -0.436 e. The van der Waals surface area contributed by atoms with Gasteiger partial charge in [0.05, 0.1) is 5.69 Å². The molecule has 2 heterocycles. The fraction of sp³-hybridized carbons (Fsp3) is 0.360. The first-order valence-electron chi connectivity index (χ1n) is 11.3. The second-order valence-corrected chi connectivity index (χ2v) is 15.3. The Morgan fingerprint density at radius 1 is 1.11 bits per heavy atom. The maximum atomic E-state index is 12.9. The summed E-state index contributed by atoms with van der Waals surface area (Å²) in [4.78, 5) is 32.9. The number of nitrogens with two attached hydrogens (primary N) is 1. The van der Waals surface area contributed by atoms with Crippen LogP contribution in [0.2, 0.25) is 18.1 Å². The Morgan fingerprint density at radius 3 is 2.46 bits per heavy atom. The number of amides is 2. The average Bonchev–Trinajstić information content (AvgIpc) is 3.26. The maximum absolute atomic E-state index is 12.9. The van der Waals surface area contributed by atoms with Crippen LogP contribution in [0.3, 0.4) is 0 Å². The zero-order valence-corrected chi connectivity index (χ0v) is 22.5. The highest BCUT2D eigenvalue weighted by atomic mass is 32.1. The summed E-state index contributed by atoms with van der Waals surface area (Å²) in [5.41, 5.74) is 8.95. The van der Waals surface area contributed by atoms with Crippen LogP contribution in [-0.4, -0.2) is 43.0 Å². The number of nitrogens with zero attached hydrogens (tertiary/aromatic N) is 2. The third-order valence-electron chi connectivity index (χ3n) is 6.11. The number of primary amides is 1. The Balaban J connectivity index is 1.67. The van der Waals surface area contributed by atoms with Gasteiger partial charge >= 0.3 is 6.09 Å². The van der Waals surface area contributed by atoms with E-state index in [1.54, 1.807) is 12.4 Å². The predicted octanol–water partition coefficient (Wildman–Crippen LogP) is 5.69. The van der Waals surface area contributed by atoms with Gasteiger partial charge in [0.15, 0.2) is 19.6 Å². The molecule has 0 saturated heterocycles. The van der Waals surface area contributed by atoms with E-state index in [4.69, 9.17) is 14.9 Å². The zero-order valence-electron chi connectivity index (χ0n) is 20.7. The number of ether oxygens (including phenoxy) is 1. The number of hydrogen-bond donors (Lipinski definition) is 2. The van der Waals surface area contributed by atoms with E-state index in [9.17, 15) is 9.59 Å². The van der Waals surface area contributed by atoms with E-state index in [1.165, 1.54) is 11.3 Å². The van der Waals surface area contributed by atoms with Crippen LogP contribution in [0, 0.1) is 0 Å². The molecule has 0 saturated carbocycles. The highest BCUT2D eigenvalue weighted by molar-refractivity contribution is 7.14. The van der Waals surface area contributed by atoms with E-state index in [0.29, 0.717) is 5.13 Å². The molecule has 3 N–H and O–H groups in total.